The maximum absolute atomic E-state index is 12.5. The minimum atomic E-state index is -1.06. The van der Waals surface area contributed by atoms with Crippen molar-refractivity contribution in [3.8, 4) is 0 Å². The van der Waals surface area contributed by atoms with Crippen LogP contribution in [-0.4, -0.2) is 57.4 Å². The molecule has 3 heterocycles. The first kappa shape index (κ1) is 18.1. The molecule has 0 radical (unpaired) electrons. The van der Waals surface area contributed by atoms with Gasteiger partial charge in [-0.3, -0.25) is 0 Å². The van der Waals surface area contributed by atoms with Gasteiger partial charge in [0.05, 0.1) is 34.5 Å². The molecule has 24 heavy (non-hydrogen) atoms. The third-order valence-corrected chi connectivity index (χ3v) is 7.09. The lowest BCUT2D eigenvalue weighted by Gasteiger charge is -2.46. The van der Waals surface area contributed by atoms with Gasteiger partial charge >= 0.3 is 6.09 Å². The monoisotopic (exact) mass is 358 g/mol. The second-order valence-corrected chi connectivity index (χ2v) is 10.9. The fraction of sp³-hybridized carbons (Fsp3) is 0.941. The quantitative estimate of drug-likeness (QED) is 0.721. The van der Waals surface area contributed by atoms with Gasteiger partial charge in [-0.05, 0) is 53.9 Å². The fourth-order valence-corrected chi connectivity index (χ4v) is 5.25. The zero-order valence-electron chi connectivity index (χ0n) is 15.4. The Morgan fingerprint density at radius 2 is 1.92 bits per heavy atom. The minimum absolute atomic E-state index is 0.0185. The van der Waals surface area contributed by atoms with Crippen LogP contribution in [0.25, 0.3) is 0 Å². The van der Waals surface area contributed by atoms with Gasteiger partial charge < -0.3 is 14.4 Å². The number of hydrogen-bond donors (Lipinski definition) is 1. The van der Waals surface area contributed by atoms with Crippen LogP contribution in [0.15, 0.2) is 0 Å². The molecular weight excluding hydrogens is 328 g/mol. The van der Waals surface area contributed by atoms with Crippen LogP contribution in [0.3, 0.4) is 0 Å². The van der Waals surface area contributed by atoms with Crippen molar-refractivity contribution < 1.29 is 18.5 Å². The Bertz CT molecular complexity index is 535. The van der Waals surface area contributed by atoms with Crippen LogP contribution in [-0.2, 0) is 20.5 Å². The maximum Gasteiger partial charge on any atom is 0.410 e. The van der Waals surface area contributed by atoms with Gasteiger partial charge in [0, 0.05) is 18.5 Å². The highest BCUT2D eigenvalue weighted by Gasteiger charge is 2.56. The summed E-state index contributed by atoms with van der Waals surface area (Å²) in [6, 6.07) is 0.118. The van der Waals surface area contributed by atoms with Crippen molar-refractivity contribution in [2.75, 3.05) is 19.7 Å². The molecule has 1 spiro atoms. The normalized spacial score (nSPS) is 34.9. The zero-order chi connectivity index (χ0) is 17.8. The van der Waals surface area contributed by atoms with Crippen molar-refractivity contribution >= 4 is 17.1 Å². The number of piperidine rings is 1. The van der Waals surface area contributed by atoms with Crippen LogP contribution in [0.4, 0.5) is 4.79 Å². The third kappa shape index (κ3) is 3.35. The first-order chi connectivity index (χ1) is 11.0. The highest BCUT2D eigenvalue weighted by atomic mass is 32.2. The number of carbonyl (C=O) groups excluding carboxylic acids is 1. The molecule has 0 aliphatic carbocycles. The van der Waals surface area contributed by atoms with Gasteiger partial charge in [-0.25, -0.2) is 13.7 Å². The van der Waals surface area contributed by atoms with E-state index in [0.717, 1.165) is 19.3 Å². The van der Waals surface area contributed by atoms with Crippen molar-refractivity contribution in [3.63, 3.8) is 0 Å². The SMILES string of the molecule is CC(C)(C)OC(=O)N1CCC2(CC1)CO[C@H]1CC(C)(C)S(=O)NC12. The van der Waals surface area contributed by atoms with Crippen molar-refractivity contribution in [2.24, 2.45) is 5.41 Å². The summed E-state index contributed by atoms with van der Waals surface area (Å²) in [7, 11) is -1.06. The average Bonchev–Trinajstić information content (AvgIpc) is 2.76. The molecule has 1 N–H and O–H groups in total. The van der Waals surface area contributed by atoms with E-state index in [-0.39, 0.29) is 28.4 Å². The Kier molecular flexibility index (Phi) is 4.50. The lowest BCUT2D eigenvalue weighted by Crippen LogP contribution is -2.60. The van der Waals surface area contributed by atoms with Gasteiger partial charge in [-0.15, -0.1) is 0 Å². The van der Waals surface area contributed by atoms with Crippen molar-refractivity contribution in [2.45, 2.75) is 76.4 Å². The molecule has 3 rings (SSSR count). The molecule has 3 saturated heterocycles. The van der Waals surface area contributed by atoms with Gasteiger partial charge in [0.25, 0.3) is 0 Å². The number of amides is 1. The predicted octanol–water partition coefficient (Wildman–Crippen LogP) is 2.21. The van der Waals surface area contributed by atoms with Crippen molar-refractivity contribution in [3.05, 3.63) is 0 Å². The Morgan fingerprint density at radius 3 is 2.50 bits per heavy atom. The number of hydrogen-bond acceptors (Lipinski definition) is 4. The summed E-state index contributed by atoms with van der Waals surface area (Å²) in [5.74, 6) is 0. The largest absolute Gasteiger partial charge is 0.444 e. The van der Waals surface area contributed by atoms with Gasteiger partial charge in [0.1, 0.15) is 5.60 Å². The fourth-order valence-electron chi connectivity index (χ4n) is 3.98. The van der Waals surface area contributed by atoms with Gasteiger partial charge in [0.15, 0.2) is 0 Å². The summed E-state index contributed by atoms with van der Waals surface area (Å²) >= 11 is 0. The molecule has 2 unspecified atom stereocenters. The van der Waals surface area contributed by atoms with Crippen LogP contribution in [0.1, 0.15) is 53.9 Å². The van der Waals surface area contributed by atoms with E-state index in [1.807, 2.05) is 34.6 Å². The van der Waals surface area contributed by atoms with Crippen LogP contribution in [0, 0.1) is 5.41 Å². The summed E-state index contributed by atoms with van der Waals surface area (Å²) < 4.78 is 27.1. The first-order valence-electron chi connectivity index (χ1n) is 8.80. The number of likely N-dealkylation sites (tertiary alicyclic amines) is 1. The third-order valence-electron chi connectivity index (χ3n) is 5.46. The van der Waals surface area contributed by atoms with Crippen molar-refractivity contribution in [1.29, 1.82) is 0 Å². The molecule has 3 aliphatic rings. The molecule has 138 valence electrons. The van der Waals surface area contributed by atoms with Crippen molar-refractivity contribution in [1.82, 2.24) is 9.62 Å². The highest BCUT2D eigenvalue weighted by Crippen LogP contribution is 2.46. The number of rotatable bonds is 0. The second-order valence-electron chi connectivity index (χ2n) is 9.01. The van der Waals surface area contributed by atoms with E-state index in [4.69, 9.17) is 9.47 Å². The van der Waals surface area contributed by atoms with E-state index >= 15 is 0 Å². The van der Waals surface area contributed by atoms with Gasteiger partial charge in [-0.2, -0.15) is 0 Å². The molecule has 7 heteroatoms. The summed E-state index contributed by atoms with van der Waals surface area (Å²) in [5, 5.41) is 0. The summed E-state index contributed by atoms with van der Waals surface area (Å²) in [6.07, 6.45) is 2.41. The Hall–Kier alpha value is -0.660. The molecule has 0 aromatic rings. The number of fused-ring (bicyclic) bond motifs is 2. The standard InChI is InChI=1S/C17H30N2O4S/c1-15(2,3)23-14(20)19-8-6-17(7-9-19)11-22-12-10-16(4,5)24(21)18-13(12)17/h12-13,18H,6-11H2,1-5H3/t12-,13?,24?/m0/s1. The number of carbonyl (C=O) groups is 1. The molecule has 0 bridgehead atoms. The van der Waals surface area contributed by atoms with E-state index in [1.165, 1.54) is 0 Å². The molecular formula is C17H30N2O4S. The lowest BCUT2D eigenvalue weighted by molar-refractivity contribution is 0.00648. The van der Waals surface area contributed by atoms with Crippen LogP contribution < -0.4 is 4.72 Å². The topological polar surface area (TPSA) is 67.9 Å². The molecule has 0 aromatic heterocycles. The van der Waals surface area contributed by atoms with Gasteiger partial charge in [0.2, 0.25) is 0 Å². The predicted molar refractivity (Wildman–Crippen MR) is 93.0 cm³/mol. The maximum atomic E-state index is 12.5. The average molecular weight is 359 g/mol. The Labute approximate surface area is 147 Å². The molecule has 6 nitrogen and oxygen atoms in total. The Balaban J connectivity index is 1.64. The van der Waals surface area contributed by atoms with Crippen LogP contribution in [0.5, 0.6) is 0 Å². The summed E-state index contributed by atoms with van der Waals surface area (Å²) in [5.41, 5.74) is -0.490. The van der Waals surface area contributed by atoms with E-state index < -0.39 is 16.6 Å². The van der Waals surface area contributed by atoms with Crippen LogP contribution >= 0.6 is 0 Å². The molecule has 0 saturated carbocycles. The molecule has 3 fully saturated rings. The first-order valence-corrected chi connectivity index (χ1v) is 9.95. The van der Waals surface area contributed by atoms with E-state index in [9.17, 15) is 9.00 Å². The zero-order valence-corrected chi connectivity index (χ0v) is 16.2. The molecule has 3 atom stereocenters. The lowest BCUT2D eigenvalue weighted by atomic mass is 9.72. The van der Waals surface area contributed by atoms with E-state index in [1.54, 1.807) is 4.90 Å². The summed E-state index contributed by atoms with van der Waals surface area (Å²) in [4.78, 5) is 14.0. The second kappa shape index (κ2) is 5.95. The summed E-state index contributed by atoms with van der Waals surface area (Å²) in [6.45, 7) is 11.7. The van der Waals surface area contributed by atoms with E-state index in [2.05, 4.69) is 4.72 Å². The number of ether oxygens (including phenoxy) is 2. The van der Waals surface area contributed by atoms with E-state index in [0.29, 0.717) is 19.7 Å². The molecule has 1 amide bonds. The Morgan fingerprint density at radius 1 is 1.29 bits per heavy atom. The highest BCUT2D eigenvalue weighted by molar-refractivity contribution is 7.84. The molecule has 0 aromatic carbocycles. The van der Waals surface area contributed by atoms with Crippen LogP contribution in [0.2, 0.25) is 0 Å². The smallest absolute Gasteiger partial charge is 0.410 e. The minimum Gasteiger partial charge on any atom is -0.444 e. The molecule has 3 aliphatic heterocycles. The van der Waals surface area contributed by atoms with Gasteiger partial charge in [-0.1, -0.05) is 0 Å². The number of nitrogens with one attached hydrogen (secondary N) is 1. The number of nitrogens with zero attached hydrogens (tertiary/aromatic N) is 1.